The predicted molar refractivity (Wildman–Crippen MR) is 70.3 cm³/mol. The van der Waals surface area contributed by atoms with Gasteiger partial charge in [0.05, 0.1) is 19.2 Å². The zero-order valence-corrected chi connectivity index (χ0v) is 11.7. The third-order valence-electron chi connectivity index (χ3n) is 2.89. The molecule has 1 unspecified atom stereocenters. The normalized spacial score (nSPS) is 12.4. The molecule has 0 saturated heterocycles. The molecule has 5 heteroatoms. The van der Waals surface area contributed by atoms with Crippen molar-refractivity contribution in [3.8, 4) is 0 Å². The van der Waals surface area contributed by atoms with Crippen LogP contribution in [0.3, 0.4) is 0 Å². The molecule has 0 aliphatic rings. The van der Waals surface area contributed by atoms with Gasteiger partial charge in [0.1, 0.15) is 0 Å². The molecule has 102 valence electrons. The smallest absolute Gasteiger partial charge is 0.307 e. The van der Waals surface area contributed by atoms with E-state index in [0.717, 1.165) is 30.6 Å². The third kappa shape index (κ3) is 3.84. The lowest BCUT2D eigenvalue weighted by Crippen LogP contribution is -2.25. The number of hydrogen-bond donors (Lipinski definition) is 1. The molecule has 1 aromatic rings. The highest BCUT2D eigenvalue weighted by atomic mass is 16.5. The summed E-state index contributed by atoms with van der Waals surface area (Å²) < 4.78 is 6.55. The topological polar surface area (TPSA) is 56.1 Å². The van der Waals surface area contributed by atoms with Crippen LogP contribution in [-0.2, 0) is 23.0 Å². The molecule has 0 fully saturated rings. The largest absolute Gasteiger partial charge is 0.469 e. The highest BCUT2D eigenvalue weighted by Crippen LogP contribution is 2.21. The molecule has 1 heterocycles. The van der Waals surface area contributed by atoms with Crippen molar-refractivity contribution in [2.45, 2.75) is 39.2 Å². The molecule has 5 nitrogen and oxygen atoms in total. The van der Waals surface area contributed by atoms with Gasteiger partial charge >= 0.3 is 5.97 Å². The molecule has 0 aromatic carbocycles. The summed E-state index contributed by atoms with van der Waals surface area (Å²) >= 11 is 0. The highest BCUT2D eigenvalue weighted by Gasteiger charge is 2.20. The Morgan fingerprint density at radius 2 is 2.28 bits per heavy atom. The van der Waals surface area contributed by atoms with E-state index < -0.39 is 0 Å². The van der Waals surface area contributed by atoms with Crippen LogP contribution in [0.2, 0.25) is 0 Å². The molecular formula is C13H23N3O2. The van der Waals surface area contributed by atoms with E-state index in [1.54, 1.807) is 4.68 Å². The number of carbonyl (C=O) groups excluding carboxylic acids is 1. The number of carbonyl (C=O) groups is 1. The van der Waals surface area contributed by atoms with Crippen molar-refractivity contribution in [1.29, 1.82) is 0 Å². The second-order valence-corrected chi connectivity index (χ2v) is 4.35. The predicted octanol–water partition coefficient (Wildman–Crippen LogP) is 1.59. The van der Waals surface area contributed by atoms with Crippen LogP contribution >= 0.6 is 0 Å². The number of nitrogens with one attached hydrogen (secondary N) is 1. The fourth-order valence-corrected chi connectivity index (χ4v) is 1.98. The van der Waals surface area contributed by atoms with E-state index >= 15 is 0 Å². The Kier molecular flexibility index (Phi) is 5.85. The van der Waals surface area contributed by atoms with Crippen molar-refractivity contribution in [2.75, 3.05) is 13.7 Å². The molecule has 1 aromatic heterocycles. The van der Waals surface area contributed by atoms with Crippen molar-refractivity contribution in [2.24, 2.45) is 7.05 Å². The third-order valence-corrected chi connectivity index (χ3v) is 2.89. The van der Waals surface area contributed by atoms with Gasteiger partial charge in [0.25, 0.3) is 0 Å². The van der Waals surface area contributed by atoms with Crippen LogP contribution in [0.4, 0.5) is 0 Å². The van der Waals surface area contributed by atoms with Crippen LogP contribution < -0.4 is 5.32 Å². The van der Waals surface area contributed by atoms with Crippen molar-refractivity contribution in [1.82, 2.24) is 15.1 Å². The molecule has 0 saturated carbocycles. The standard InChI is InChI=1S/C13H23N3O2/c1-5-7-14-12(8-13(17)18-4)10-9-16(3)15-11(10)6-2/h9,12,14H,5-8H2,1-4H3. The lowest BCUT2D eigenvalue weighted by Gasteiger charge is -2.17. The van der Waals surface area contributed by atoms with Crippen LogP contribution in [-0.4, -0.2) is 29.4 Å². The number of aromatic nitrogens is 2. The Morgan fingerprint density at radius 3 is 2.83 bits per heavy atom. The monoisotopic (exact) mass is 253 g/mol. The first kappa shape index (κ1) is 14.7. The number of esters is 1. The zero-order valence-electron chi connectivity index (χ0n) is 11.7. The highest BCUT2D eigenvalue weighted by molar-refractivity contribution is 5.70. The number of nitrogens with zero attached hydrogens (tertiary/aromatic N) is 2. The van der Waals surface area contributed by atoms with Crippen LogP contribution in [0.25, 0.3) is 0 Å². The average Bonchev–Trinajstić information content (AvgIpc) is 2.75. The second kappa shape index (κ2) is 7.16. The Balaban J connectivity index is 2.88. The van der Waals surface area contributed by atoms with Crippen molar-refractivity contribution in [3.63, 3.8) is 0 Å². The van der Waals surface area contributed by atoms with Gasteiger partial charge in [-0.2, -0.15) is 5.10 Å². The van der Waals surface area contributed by atoms with Crippen molar-refractivity contribution < 1.29 is 9.53 Å². The van der Waals surface area contributed by atoms with E-state index in [9.17, 15) is 4.79 Å². The number of hydrogen-bond acceptors (Lipinski definition) is 4. The van der Waals surface area contributed by atoms with Crippen LogP contribution in [0.15, 0.2) is 6.20 Å². The van der Waals surface area contributed by atoms with Gasteiger partial charge in [-0.1, -0.05) is 13.8 Å². The molecule has 0 spiro atoms. The van der Waals surface area contributed by atoms with E-state index in [1.807, 2.05) is 13.2 Å². The molecule has 18 heavy (non-hydrogen) atoms. The second-order valence-electron chi connectivity index (χ2n) is 4.35. The van der Waals surface area contributed by atoms with Gasteiger partial charge in [0.15, 0.2) is 0 Å². The van der Waals surface area contributed by atoms with E-state index in [-0.39, 0.29) is 12.0 Å². The molecule has 0 aliphatic carbocycles. The van der Waals surface area contributed by atoms with Crippen LogP contribution in [0, 0.1) is 0 Å². The fourth-order valence-electron chi connectivity index (χ4n) is 1.98. The number of aryl methyl sites for hydroxylation is 2. The lowest BCUT2D eigenvalue weighted by atomic mass is 10.0. The van der Waals surface area contributed by atoms with Gasteiger partial charge in [-0.05, 0) is 19.4 Å². The summed E-state index contributed by atoms with van der Waals surface area (Å²) in [6.07, 6.45) is 4.21. The van der Waals surface area contributed by atoms with E-state index in [1.165, 1.54) is 7.11 Å². The molecule has 0 radical (unpaired) electrons. The first-order valence-electron chi connectivity index (χ1n) is 6.44. The van der Waals surface area contributed by atoms with Crippen molar-refractivity contribution in [3.05, 3.63) is 17.5 Å². The maximum absolute atomic E-state index is 11.5. The Labute approximate surface area is 109 Å². The Bertz CT molecular complexity index is 388. The quantitative estimate of drug-likeness (QED) is 0.750. The molecule has 0 bridgehead atoms. The van der Waals surface area contributed by atoms with Crippen LogP contribution in [0.1, 0.15) is 44.0 Å². The van der Waals surface area contributed by atoms with Gasteiger partial charge in [-0.15, -0.1) is 0 Å². The van der Waals surface area contributed by atoms with Gasteiger partial charge < -0.3 is 10.1 Å². The number of rotatable bonds is 7. The number of ether oxygens (including phenoxy) is 1. The van der Waals surface area contributed by atoms with Gasteiger partial charge in [0.2, 0.25) is 0 Å². The minimum absolute atomic E-state index is 0.0129. The molecule has 1 N–H and O–H groups in total. The van der Waals surface area contributed by atoms with Gasteiger partial charge in [-0.3, -0.25) is 9.48 Å². The zero-order chi connectivity index (χ0) is 13.5. The summed E-state index contributed by atoms with van der Waals surface area (Å²) in [6.45, 7) is 5.05. The maximum Gasteiger partial charge on any atom is 0.307 e. The first-order chi connectivity index (χ1) is 8.62. The summed E-state index contributed by atoms with van der Waals surface area (Å²) in [7, 11) is 3.32. The average molecular weight is 253 g/mol. The van der Waals surface area contributed by atoms with Crippen molar-refractivity contribution >= 4 is 5.97 Å². The summed E-state index contributed by atoms with van der Waals surface area (Å²) in [4.78, 5) is 11.5. The fraction of sp³-hybridized carbons (Fsp3) is 0.692. The summed E-state index contributed by atoms with van der Waals surface area (Å²) in [5.41, 5.74) is 2.13. The lowest BCUT2D eigenvalue weighted by molar-refractivity contribution is -0.141. The molecule has 1 atom stereocenters. The first-order valence-corrected chi connectivity index (χ1v) is 6.44. The van der Waals surface area contributed by atoms with Gasteiger partial charge in [0, 0.05) is 24.8 Å². The molecule has 0 aliphatic heterocycles. The van der Waals surface area contributed by atoms with E-state index in [4.69, 9.17) is 4.74 Å². The SMILES string of the molecule is CCCNC(CC(=O)OC)c1cn(C)nc1CC. The Morgan fingerprint density at radius 1 is 1.56 bits per heavy atom. The molecule has 0 amide bonds. The van der Waals surface area contributed by atoms with Crippen LogP contribution in [0.5, 0.6) is 0 Å². The maximum atomic E-state index is 11.5. The minimum atomic E-state index is -0.200. The molecule has 1 rings (SSSR count). The van der Waals surface area contributed by atoms with Gasteiger partial charge in [-0.25, -0.2) is 0 Å². The van der Waals surface area contributed by atoms with E-state index in [2.05, 4.69) is 24.3 Å². The minimum Gasteiger partial charge on any atom is -0.469 e. The van der Waals surface area contributed by atoms with E-state index in [0.29, 0.717) is 6.42 Å². The molecular weight excluding hydrogens is 230 g/mol. The Hall–Kier alpha value is -1.36. The summed E-state index contributed by atoms with van der Waals surface area (Å²) in [5.74, 6) is -0.200. The summed E-state index contributed by atoms with van der Waals surface area (Å²) in [5, 5.41) is 7.80. The summed E-state index contributed by atoms with van der Waals surface area (Å²) in [6, 6.07) is -0.0129. The number of methoxy groups -OCH3 is 1.